The molecule has 1 nitrogen and oxygen atoms in total. The van der Waals surface area contributed by atoms with Gasteiger partial charge >= 0.3 is 0 Å². The molecule has 0 spiro atoms. The van der Waals surface area contributed by atoms with Crippen LogP contribution in [0, 0.1) is 0 Å². The van der Waals surface area contributed by atoms with E-state index in [1.807, 2.05) is 0 Å². The summed E-state index contributed by atoms with van der Waals surface area (Å²) in [6.07, 6.45) is 2.71. The number of benzene rings is 1. The van der Waals surface area contributed by atoms with Crippen LogP contribution in [0.5, 0.6) is 0 Å². The Kier molecular flexibility index (Phi) is 4.98. The molecule has 1 N–H and O–H groups in total. The molecular weight excluding hydrogens is 362 g/mol. The van der Waals surface area contributed by atoms with E-state index in [4.69, 9.17) is 0 Å². The van der Waals surface area contributed by atoms with E-state index < -0.39 is 0 Å². The molecule has 1 heterocycles. The fourth-order valence-electron chi connectivity index (χ4n) is 2.10. The van der Waals surface area contributed by atoms with Gasteiger partial charge in [0.25, 0.3) is 0 Å². The van der Waals surface area contributed by atoms with Crippen LogP contribution in [0.4, 0.5) is 0 Å². The van der Waals surface area contributed by atoms with Crippen LogP contribution in [0.2, 0.25) is 0 Å². The van der Waals surface area contributed by atoms with Crippen LogP contribution in [0.1, 0.15) is 25.3 Å². The summed E-state index contributed by atoms with van der Waals surface area (Å²) in [5.74, 6) is 1.32. The van der Waals surface area contributed by atoms with Crippen LogP contribution < -0.4 is 5.32 Å². The van der Waals surface area contributed by atoms with Crippen molar-refractivity contribution in [2.45, 2.75) is 31.1 Å². The molecule has 0 aromatic heterocycles. The van der Waals surface area contributed by atoms with Gasteiger partial charge in [-0.3, -0.25) is 0 Å². The second kappa shape index (κ2) is 6.09. The van der Waals surface area contributed by atoms with Gasteiger partial charge in [-0.05, 0) is 75.1 Å². The van der Waals surface area contributed by atoms with Crippen molar-refractivity contribution < 1.29 is 0 Å². The molecule has 0 amide bonds. The fraction of sp³-hybridized carbons (Fsp3) is 0.538. The number of nitrogens with one attached hydrogen (secondary N) is 1. The molecule has 1 fully saturated rings. The SMILES string of the molecule is CC1(CNCc2ccc(Br)c(Br)c2)CCCS1. The third-order valence-corrected chi connectivity index (χ3v) is 6.53. The van der Waals surface area contributed by atoms with Crippen LogP contribution in [0.25, 0.3) is 0 Å². The lowest BCUT2D eigenvalue weighted by molar-refractivity contribution is 0.537. The summed E-state index contributed by atoms with van der Waals surface area (Å²) in [5.41, 5.74) is 1.33. The number of halogens is 2. The van der Waals surface area contributed by atoms with Gasteiger partial charge in [-0.15, -0.1) is 0 Å². The van der Waals surface area contributed by atoms with Crippen LogP contribution in [-0.4, -0.2) is 17.0 Å². The summed E-state index contributed by atoms with van der Waals surface area (Å²) >= 11 is 9.13. The third-order valence-electron chi connectivity index (χ3n) is 3.11. The Morgan fingerprint density at radius 1 is 1.35 bits per heavy atom. The summed E-state index contributed by atoms with van der Waals surface area (Å²) < 4.78 is 2.69. The smallest absolute Gasteiger partial charge is 0.0320 e. The van der Waals surface area contributed by atoms with Crippen molar-refractivity contribution in [3.8, 4) is 0 Å². The second-order valence-corrected chi connectivity index (χ2v) is 8.15. The highest BCUT2D eigenvalue weighted by Gasteiger charge is 2.28. The van der Waals surface area contributed by atoms with E-state index >= 15 is 0 Å². The van der Waals surface area contributed by atoms with Crippen molar-refractivity contribution in [2.75, 3.05) is 12.3 Å². The standard InChI is InChI=1S/C13H17Br2NS/c1-13(5-2-6-17-13)9-16-8-10-3-4-11(14)12(15)7-10/h3-4,7,16H,2,5-6,8-9H2,1H3. The lowest BCUT2D eigenvalue weighted by atomic mass is 10.1. The second-order valence-electron chi connectivity index (χ2n) is 4.75. The minimum atomic E-state index is 0.451. The summed E-state index contributed by atoms with van der Waals surface area (Å²) in [6.45, 7) is 4.42. The predicted molar refractivity (Wildman–Crippen MR) is 83.6 cm³/mol. The molecule has 1 saturated heterocycles. The van der Waals surface area contributed by atoms with Crippen LogP contribution in [0.3, 0.4) is 0 Å². The summed E-state index contributed by atoms with van der Waals surface area (Å²) in [6, 6.07) is 6.42. The minimum Gasteiger partial charge on any atom is -0.311 e. The van der Waals surface area contributed by atoms with Gasteiger partial charge < -0.3 is 5.32 Å². The molecule has 0 aliphatic carbocycles. The van der Waals surface area contributed by atoms with Gasteiger partial charge in [0, 0.05) is 26.8 Å². The fourth-order valence-corrected chi connectivity index (χ4v) is 4.04. The van der Waals surface area contributed by atoms with Crippen LogP contribution in [0.15, 0.2) is 27.1 Å². The Bertz CT molecular complexity index is 389. The molecule has 0 bridgehead atoms. The maximum absolute atomic E-state index is 3.57. The zero-order chi connectivity index (χ0) is 12.3. The molecule has 1 aromatic rings. The lowest BCUT2D eigenvalue weighted by Gasteiger charge is -2.23. The van der Waals surface area contributed by atoms with Gasteiger partial charge in [-0.25, -0.2) is 0 Å². The molecule has 1 aliphatic rings. The van der Waals surface area contributed by atoms with Crippen molar-refractivity contribution in [1.82, 2.24) is 5.32 Å². The largest absolute Gasteiger partial charge is 0.311 e. The van der Waals surface area contributed by atoms with Gasteiger partial charge in [0.05, 0.1) is 0 Å². The van der Waals surface area contributed by atoms with Gasteiger partial charge in [-0.2, -0.15) is 11.8 Å². The molecule has 0 radical (unpaired) electrons. The van der Waals surface area contributed by atoms with E-state index in [9.17, 15) is 0 Å². The quantitative estimate of drug-likeness (QED) is 0.822. The lowest BCUT2D eigenvalue weighted by Crippen LogP contribution is -2.32. The molecule has 2 rings (SSSR count). The Morgan fingerprint density at radius 3 is 2.82 bits per heavy atom. The first-order valence-corrected chi connectivity index (χ1v) is 8.45. The third kappa shape index (κ3) is 3.98. The van der Waals surface area contributed by atoms with Gasteiger partial charge in [-0.1, -0.05) is 6.07 Å². The van der Waals surface area contributed by atoms with Gasteiger partial charge in [0.1, 0.15) is 0 Å². The molecule has 1 atom stereocenters. The maximum atomic E-state index is 3.57. The minimum absolute atomic E-state index is 0.451. The Hall–Kier alpha value is 0.490. The average molecular weight is 379 g/mol. The van der Waals surface area contributed by atoms with E-state index in [2.05, 4.69) is 74.1 Å². The van der Waals surface area contributed by atoms with E-state index in [1.165, 1.54) is 24.2 Å². The molecule has 17 heavy (non-hydrogen) atoms. The van der Waals surface area contributed by atoms with Crippen molar-refractivity contribution in [3.63, 3.8) is 0 Å². The topological polar surface area (TPSA) is 12.0 Å². The summed E-state index contributed by atoms with van der Waals surface area (Å²) in [7, 11) is 0. The first-order valence-electron chi connectivity index (χ1n) is 5.88. The maximum Gasteiger partial charge on any atom is 0.0320 e. The number of hydrogen-bond acceptors (Lipinski definition) is 2. The Morgan fingerprint density at radius 2 is 2.18 bits per heavy atom. The zero-order valence-corrected chi connectivity index (χ0v) is 13.9. The normalized spacial score (nSPS) is 24.2. The van der Waals surface area contributed by atoms with Crippen molar-refractivity contribution in [3.05, 3.63) is 32.7 Å². The molecule has 1 aliphatic heterocycles. The van der Waals surface area contributed by atoms with Gasteiger partial charge in [0.2, 0.25) is 0 Å². The highest BCUT2D eigenvalue weighted by molar-refractivity contribution is 9.13. The Balaban J connectivity index is 1.83. The highest BCUT2D eigenvalue weighted by atomic mass is 79.9. The van der Waals surface area contributed by atoms with Crippen molar-refractivity contribution in [2.24, 2.45) is 0 Å². The van der Waals surface area contributed by atoms with E-state index in [0.717, 1.165) is 22.0 Å². The molecule has 1 unspecified atom stereocenters. The molecule has 4 heteroatoms. The molecule has 1 aromatic carbocycles. The van der Waals surface area contributed by atoms with Crippen molar-refractivity contribution in [1.29, 1.82) is 0 Å². The van der Waals surface area contributed by atoms with Gasteiger partial charge in [0.15, 0.2) is 0 Å². The first kappa shape index (κ1) is 13.9. The number of rotatable bonds is 4. The van der Waals surface area contributed by atoms with E-state index in [0.29, 0.717) is 4.75 Å². The predicted octanol–water partition coefficient (Wildman–Crippen LogP) is 4.59. The number of thioether (sulfide) groups is 1. The van der Waals surface area contributed by atoms with E-state index in [-0.39, 0.29) is 0 Å². The van der Waals surface area contributed by atoms with Crippen LogP contribution in [-0.2, 0) is 6.54 Å². The molecule has 94 valence electrons. The zero-order valence-electron chi connectivity index (χ0n) is 9.93. The van der Waals surface area contributed by atoms with Crippen LogP contribution >= 0.6 is 43.6 Å². The Labute approximate surface area is 124 Å². The average Bonchev–Trinajstić information content (AvgIpc) is 2.71. The highest BCUT2D eigenvalue weighted by Crippen LogP contribution is 2.37. The first-order chi connectivity index (χ1) is 8.09. The molecular formula is C13H17Br2NS. The summed E-state index contributed by atoms with van der Waals surface area (Å²) in [5, 5.41) is 3.57. The monoisotopic (exact) mass is 377 g/mol. The number of hydrogen-bond donors (Lipinski definition) is 1. The van der Waals surface area contributed by atoms with E-state index in [1.54, 1.807) is 0 Å². The summed E-state index contributed by atoms with van der Waals surface area (Å²) in [4.78, 5) is 0. The van der Waals surface area contributed by atoms with Crippen molar-refractivity contribution >= 4 is 43.6 Å². The molecule has 0 saturated carbocycles.